The standard InChI is InChI=1S/C81H140N18O22/c1-18-20-21-22-23-63(104)86-53(34-40(3)4)73(112)91-52(28-33-64(105)106)68(107)87-50(26-31-61(84)102)71(110)97-65(45(13)14)79(118)94-57(38-44(11)12)76(115)89-49(25-30-60(83)101)70(109)96-58-39-121-81(120)67(47(17)19-2)99-72(111)51(27-32-62(85)103)90-74(113)54(35-41(5)6)93-77(116)55(36-42(7)8)92-69(108)48(24-29-59(82)100)88-75(114)56(37-43(9)10)95-80(119)66(46(15)16)98-78(58)117/h40-58,65-67H,18-39H2,1-17H3,(H2,82,100)(H2,83,101)(H2,84,102)(H2,85,103)(H,86,104)(H,87,107)(H,88,114)(H,89,115)(H,90,113)(H,91,112)(H,92,108)(H,93,116)(H,94,118)(H,95,119)(H,96,109)(H,97,110)(H,98,117)(H,99,111)(H,105,106)/t47-,48+,49-,50+,51+,52+,53-,54-,55-,56+,57+,58+,65+,66+,67-/m0/s1. The molecule has 0 aliphatic carbocycles. The number of carbonyl (C=O) groups is 20. The van der Waals surface area contributed by atoms with E-state index in [1.165, 1.54) is 34.6 Å². The molecule has 18 amide bonds. The topological polar surface area (TPSA) is 643 Å². The van der Waals surface area contributed by atoms with E-state index in [1.807, 2.05) is 6.92 Å². The summed E-state index contributed by atoms with van der Waals surface area (Å²) in [5.74, 6) is -24.5. The highest BCUT2D eigenvalue weighted by molar-refractivity contribution is 6.01. The zero-order valence-corrected chi connectivity index (χ0v) is 73.6. The number of carboxylic acid groups (broad SMARTS) is 1. The Bertz CT molecular complexity index is 3540. The van der Waals surface area contributed by atoms with Crippen molar-refractivity contribution in [1.29, 1.82) is 0 Å². The Labute approximate surface area is 709 Å². The second-order valence-corrected chi connectivity index (χ2v) is 34.1. The van der Waals surface area contributed by atoms with Gasteiger partial charge in [-0.25, -0.2) is 4.79 Å². The average Bonchev–Trinajstić information content (AvgIpc) is 1.17. The van der Waals surface area contributed by atoms with E-state index >= 15 is 9.59 Å². The maximum atomic E-state index is 15.1. The van der Waals surface area contributed by atoms with E-state index in [2.05, 4.69) is 74.4 Å². The zero-order chi connectivity index (χ0) is 92.4. The van der Waals surface area contributed by atoms with Crippen molar-refractivity contribution in [2.45, 2.75) is 337 Å². The number of rotatable bonds is 47. The molecule has 0 radical (unpaired) electrons. The van der Waals surface area contributed by atoms with Crippen LogP contribution in [0.2, 0.25) is 0 Å². The smallest absolute Gasteiger partial charge is 0.329 e. The van der Waals surface area contributed by atoms with E-state index in [1.54, 1.807) is 76.2 Å². The van der Waals surface area contributed by atoms with E-state index in [9.17, 15) is 91.4 Å². The molecule has 1 saturated heterocycles. The van der Waals surface area contributed by atoms with Crippen LogP contribution in [-0.2, 0) is 101 Å². The fourth-order valence-corrected chi connectivity index (χ4v) is 12.9. The summed E-state index contributed by atoms with van der Waals surface area (Å²) in [5.41, 5.74) is 22.2. The molecule has 0 unspecified atom stereocenters. The van der Waals surface area contributed by atoms with Gasteiger partial charge in [0.25, 0.3) is 0 Å². The highest BCUT2D eigenvalue weighted by atomic mass is 16.5. The van der Waals surface area contributed by atoms with Crippen LogP contribution in [-0.4, -0.2) is 215 Å². The highest BCUT2D eigenvalue weighted by Crippen LogP contribution is 2.19. The number of esters is 1. The third-order valence-corrected chi connectivity index (χ3v) is 19.8. The third-order valence-electron chi connectivity index (χ3n) is 19.8. The van der Waals surface area contributed by atoms with Crippen LogP contribution in [0.3, 0.4) is 0 Å². The summed E-state index contributed by atoms with van der Waals surface area (Å²) >= 11 is 0. The summed E-state index contributed by atoms with van der Waals surface area (Å²) in [6.07, 6.45) is -2.27. The number of aliphatic carboxylic acids is 1. The molecule has 40 nitrogen and oxygen atoms in total. The maximum absolute atomic E-state index is 15.1. The van der Waals surface area contributed by atoms with Crippen molar-refractivity contribution in [2.75, 3.05) is 6.61 Å². The van der Waals surface area contributed by atoms with E-state index in [0.29, 0.717) is 6.42 Å². The van der Waals surface area contributed by atoms with Crippen LogP contribution in [0.1, 0.15) is 253 Å². The molecule has 1 heterocycles. The lowest BCUT2D eigenvalue weighted by Crippen LogP contribution is -2.62. The number of amides is 18. The van der Waals surface area contributed by atoms with Gasteiger partial charge in [0.15, 0.2) is 0 Å². The molecule has 686 valence electrons. The van der Waals surface area contributed by atoms with Crippen molar-refractivity contribution < 1.29 is 106 Å². The molecule has 0 spiro atoms. The third kappa shape index (κ3) is 43.0. The fraction of sp³-hybridized carbons (Fsp3) is 0.753. The van der Waals surface area contributed by atoms with Crippen LogP contribution in [0.25, 0.3) is 0 Å². The molecule has 0 bridgehead atoms. The fourth-order valence-electron chi connectivity index (χ4n) is 12.9. The first-order valence-corrected chi connectivity index (χ1v) is 42.2. The van der Waals surface area contributed by atoms with Crippen LogP contribution in [0, 0.1) is 47.3 Å². The number of primary amides is 4. The van der Waals surface area contributed by atoms with E-state index < -0.39 is 297 Å². The van der Waals surface area contributed by atoms with Crippen molar-refractivity contribution in [2.24, 2.45) is 70.3 Å². The number of hydrogen-bond donors (Lipinski definition) is 19. The minimum atomic E-state index is -2.10. The average molecular weight is 1720 g/mol. The van der Waals surface area contributed by atoms with Crippen LogP contribution >= 0.6 is 0 Å². The molecular weight excluding hydrogens is 1580 g/mol. The van der Waals surface area contributed by atoms with Gasteiger partial charge in [-0.1, -0.05) is 143 Å². The van der Waals surface area contributed by atoms with E-state index in [4.69, 9.17) is 27.7 Å². The molecule has 121 heavy (non-hydrogen) atoms. The van der Waals surface area contributed by atoms with Gasteiger partial charge >= 0.3 is 11.9 Å². The number of ether oxygens (including phenoxy) is 1. The first-order chi connectivity index (χ1) is 56.4. The molecule has 15 atom stereocenters. The quantitative estimate of drug-likeness (QED) is 0.0252. The predicted octanol–water partition coefficient (Wildman–Crippen LogP) is -1.18. The van der Waals surface area contributed by atoms with Crippen molar-refractivity contribution in [1.82, 2.24) is 74.4 Å². The maximum Gasteiger partial charge on any atom is 0.329 e. The van der Waals surface area contributed by atoms with Crippen molar-refractivity contribution in [3.8, 4) is 0 Å². The molecule has 23 N–H and O–H groups in total. The molecule has 0 aromatic heterocycles. The van der Waals surface area contributed by atoms with Gasteiger partial charge in [-0.05, 0) is 118 Å². The van der Waals surface area contributed by atoms with Gasteiger partial charge in [0.1, 0.15) is 91.2 Å². The highest BCUT2D eigenvalue weighted by Gasteiger charge is 2.41. The van der Waals surface area contributed by atoms with Crippen LogP contribution in [0.15, 0.2) is 0 Å². The van der Waals surface area contributed by atoms with E-state index in [-0.39, 0.29) is 68.6 Å². The Morgan fingerprint density at radius 2 is 0.752 bits per heavy atom. The molecule has 1 aliphatic heterocycles. The summed E-state index contributed by atoms with van der Waals surface area (Å²) < 4.78 is 5.79. The number of hydrogen-bond acceptors (Lipinski definition) is 21. The number of carbonyl (C=O) groups excluding carboxylic acids is 19. The molecule has 40 heteroatoms. The zero-order valence-electron chi connectivity index (χ0n) is 73.6. The normalized spacial score (nSPS) is 20.6. The minimum Gasteiger partial charge on any atom is -0.481 e. The summed E-state index contributed by atoms with van der Waals surface area (Å²) in [6.45, 7) is 27.2. The van der Waals surface area contributed by atoms with Gasteiger partial charge in [0, 0.05) is 38.5 Å². The van der Waals surface area contributed by atoms with E-state index in [0.717, 1.165) is 19.3 Å². The number of cyclic esters (lactones) is 1. The number of unbranched alkanes of at least 4 members (excludes halogenated alkanes) is 3. The van der Waals surface area contributed by atoms with Gasteiger partial charge in [0.2, 0.25) is 106 Å². The Kier molecular flexibility index (Phi) is 49.6. The second kappa shape index (κ2) is 55.3. The lowest BCUT2D eigenvalue weighted by atomic mass is 9.97. The lowest BCUT2D eigenvalue weighted by Gasteiger charge is -2.30. The van der Waals surface area contributed by atoms with Gasteiger partial charge in [-0.3, -0.25) is 91.1 Å². The second-order valence-electron chi connectivity index (χ2n) is 34.1. The number of nitrogens with two attached hydrogens (primary N) is 4. The molecule has 0 aromatic rings. The SMILES string of the molecule is CCCCCCC(=O)N[C@@H](CC(C)C)C(=O)N[C@H](CCC(=O)O)C(=O)N[C@H](CCC(N)=O)C(=O)N[C@@H](C(=O)N[C@H](CC(C)C)C(=O)N[C@@H](CCC(N)=O)C(=O)N[C@@H]1COC(=O)[C@H]([C@@H](C)CC)NC(=O)[C@@H](CCC(N)=O)NC(=O)[C@H](CC(C)C)NC(=O)[C@H](CC(C)C)NC(=O)[C@@H](CCC(N)=O)NC(=O)[C@@H](CC(C)C)NC(=O)[C@@H](C(C)C)NC1=O)C(C)C. The summed E-state index contributed by atoms with van der Waals surface area (Å²) in [4.78, 5) is 279. The Hall–Kier alpha value is -10.6. The van der Waals surface area contributed by atoms with Crippen molar-refractivity contribution in [3.63, 3.8) is 0 Å². The van der Waals surface area contributed by atoms with Crippen LogP contribution in [0.4, 0.5) is 0 Å². The van der Waals surface area contributed by atoms with Gasteiger partial charge in [0.05, 0.1) is 0 Å². The summed E-state index contributed by atoms with van der Waals surface area (Å²) in [5, 5.41) is 45.5. The van der Waals surface area contributed by atoms with Gasteiger partial charge in [-0.15, -0.1) is 0 Å². The molecule has 1 aliphatic rings. The first-order valence-electron chi connectivity index (χ1n) is 42.2. The summed E-state index contributed by atoms with van der Waals surface area (Å²) in [7, 11) is 0. The van der Waals surface area contributed by atoms with Gasteiger partial charge in [-0.2, -0.15) is 0 Å². The molecule has 1 fully saturated rings. The molecule has 1 rings (SSSR count). The Morgan fingerprint density at radius 3 is 1.14 bits per heavy atom. The number of carboxylic acids is 1. The largest absolute Gasteiger partial charge is 0.481 e. The molecular formula is C81H140N18O22. The lowest BCUT2D eigenvalue weighted by molar-refractivity contribution is -0.152. The van der Waals surface area contributed by atoms with Gasteiger partial charge < -0.3 is 107 Å². The number of nitrogens with one attached hydrogen (secondary N) is 14. The first kappa shape index (κ1) is 108. The Balaban J connectivity index is 4.27. The van der Waals surface area contributed by atoms with Crippen molar-refractivity contribution in [3.05, 3.63) is 0 Å². The minimum absolute atomic E-state index is 0.0444. The Morgan fingerprint density at radius 1 is 0.388 bits per heavy atom. The molecule has 0 aromatic carbocycles. The molecule has 0 saturated carbocycles. The van der Waals surface area contributed by atoms with Crippen LogP contribution in [0.5, 0.6) is 0 Å². The van der Waals surface area contributed by atoms with Crippen LogP contribution < -0.4 is 97.4 Å². The predicted molar refractivity (Wildman–Crippen MR) is 444 cm³/mol. The summed E-state index contributed by atoms with van der Waals surface area (Å²) in [6, 6.07) is -22.6. The van der Waals surface area contributed by atoms with Crippen molar-refractivity contribution >= 4 is 118 Å². The monoisotopic (exact) mass is 1720 g/mol.